The number of ketones is 1. The number of fused-ring (bicyclic) bond motifs is 1. The van der Waals surface area contributed by atoms with Crippen molar-refractivity contribution in [1.29, 1.82) is 0 Å². The Labute approximate surface area is 149 Å². The molecular formula is C22H25NO2. The Morgan fingerprint density at radius 2 is 1.80 bits per heavy atom. The molecule has 1 heterocycles. The first kappa shape index (κ1) is 17.4. The molecule has 1 aromatic heterocycles. The second kappa shape index (κ2) is 7.66. The van der Waals surface area contributed by atoms with Crippen LogP contribution in [-0.4, -0.2) is 24.1 Å². The van der Waals surface area contributed by atoms with E-state index in [-0.39, 0.29) is 5.78 Å². The molecule has 0 saturated carbocycles. The summed E-state index contributed by atoms with van der Waals surface area (Å²) in [5.41, 5.74) is 4.93. The van der Waals surface area contributed by atoms with Crippen LogP contribution in [-0.2, 0) is 11.3 Å². The highest BCUT2D eigenvalue weighted by molar-refractivity contribution is 6.17. The molecule has 2 aromatic carbocycles. The maximum Gasteiger partial charge on any atom is 0.195 e. The van der Waals surface area contributed by atoms with Gasteiger partial charge in [-0.25, -0.2) is 0 Å². The first-order valence-electron chi connectivity index (χ1n) is 8.81. The van der Waals surface area contributed by atoms with Crippen LogP contribution in [0.25, 0.3) is 10.9 Å². The monoisotopic (exact) mass is 335 g/mol. The number of rotatable bonds is 7. The minimum absolute atomic E-state index is 0.101. The summed E-state index contributed by atoms with van der Waals surface area (Å²) in [7, 11) is 1.73. The van der Waals surface area contributed by atoms with Crippen LogP contribution in [0, 0.1) is 13.8 Å². The summed E-state index contributed by atoms with van der Waals surface area (Å²) >= 11 is 0. The molecule has 0 aliphatic heterocycles. The number of carbonyl (C=O) groups excluding carboxylic acids is 1. The number of unbranched alkanes of at least 4 members (excludes halogenated alkanes) is 1. The van der Waals surface area contributed by atoms with E-state index in [1.54, 1.807) is 7.11 Å². The van der Waals surface area contributed by atoms with Gasteiger partial charge < -0.3 is 9.30 Å². The number of carbonyl (C=O) groups is 1. The van der Waals surface area contributed by atoms with Crippen molar-refractivity contribution in [2.75, 3.05) is 13.7 Å². The zero-order valence-electron chi connectivity index (χ0n) is 15.2. The summed E-state index contributed by atoms with van der Waals surface area (Å²) in [5, 5.41) is 1.05. The second-order valence-electron chi connectivity index (χ2n) is 6.53. The van der Waals surface area contributed by atoms with Crippen LogP contribution >= 0.6 is 0 Å². The van der Waals surface area contributed by atoms with E-state index in [2.05, 4.69) is 36.6 Å². The average molecular weight is 335 g/mol. The van der Waals surface area contributed by atoms with Crippen molar-refractivity contribution < 1.29 is 9.53 Å². The Bertz CT molecular complexity index is 878. The number of nitrogens with zero attached hydrogens (tertiary/aromatic N) is 1. The predicted octanol–water partition coefficient (Wildman–Crippen LogP) is 4.92. The zero-order valence-corrected chi connectivity index (χ0v) is 15.2. The van der Waals surface area contributed by atoms with Crippen molar-refractivity contribution >= 4 is 16.7 Å². The normalized spacial score (nSPS) is 11.2. The van der Waals surface area contributed by atoms with E-state index in [0.717, 1.165) is 53.7 Å². The fraction of sp³-hybridized carbons (Fsp3) is 0.318. The molecule has 3 rings (SSSR count). The van der Waals surface area contributed by atoms with Crippen LogP contribution in [0.5, 0.6) is 0 Å². The van der Waals surface area contributed by atoms with Gasteiger partial charge in [0.1, 0.15) is 0 Å². The van der Waals surface area contributed by atoms with Gasteiger partial charge in [-0.2, -0.15) is 0 Å². The summed E-state index contributed by atoms with van der Waals surface area (Å²) in [4.78, 5) is 13.1. The van der Waals surface area contributed by atoms with Crippen LogP contribution < -0.4 is 0 Å². The number of aryl methyl sites for hydroxylation is 2. The van der Waals surface area contributed by atoms with E-state index in [9.17, 15) is 4.79 Å². The van der Waals surface area contributed by atoms with Gasteiger partial charge in [0.15, 0.2) is 5.78 Å². The van der Waals surface area contributed by atoms with Crippen molar-refractivity contribution in [1.82, 2.24) is 4.57 Å². The quantitative estimate of drug-likeness (QED) is 0.453. The summed E-state index contributed by atoms with van der Waals surface area (Å²) < 4.78 is 7.43. The molecular weight excluding hydrogens is 310 g/mol. The van der Waals surface area contributed by atoms with Crippen molar-refractivity contribution in [3.05, 3.63) is 70.9 Å². The maximum absolute atomic E-state index is 13.1. The number of hydrogen-bond acceptors (Lipinski definition) is 2. The number of aromatic nitrogens is 1. The van der Waals surface area contributed by atoms with Crippen LogP contribution in [0.1, 0.15) is 40.0 Å². The molecule has 0 atom stereocenters. The summed E-state index contributed by atoms with van der Waals surface area (Å²) in [6.45, 7) is 5.80. The molecule has 3 heteroatoms. The maximum atomic E-state index is 13.1. The minimum Gasteiger partial charge on any atom is -0.385 e. The fourth-order valence-corrected chi connectivity index (χ4v) is 3.42. The Kier molecular flexibility index (Phi) is 5.34. The van der Waals surface area contributed by atoms with Crippen LogP contribution in [0.3, 0.4) is 0 Å². The standard InChI is InChI=1S/C22H25NO2/c1-16-11-12-20-19(15-16)21(22(24)18-9-5-4-6-10-18)17(2)23(20)13-7-8-14-25-3/h4-6,9-12,15H,7-8,13-14H2,1-3H3. The molecule has 0 amide bonds. The molecule has 0 unspecified atom stereocenters. The summed E-state index contributed by atoms with van der Waals surface area (Å²) in [6.07, 6.45) is 2.05. The van der Waals surface area contributed by atoms with Crippen LogP contribution in [0.15, 0.2) is 48.5 Å². The molecule has 25 heavy (non-hydrogen) atoms. The number of ether oxygens (including phenoxy) is 1. The molecule has 0 N–H and O–H groups in total. The lowest BCUT2D eigenvalue weighted by atomic mass is 10.00. The van der Waals surface area contributed by atoms with Crippen molar-refractivity contribution in [3.63, 3.8) is 0 Å². The molecule has 0 spiro atoms. The Balaban J connectivity index is 2.06. The van der Waals surface area contributed by atoms with E-state index < -0.39 is 0 Å². The van der Waals surface area contributed by atoms with E-state index >= 15 is 0 Å². The molecule has 0 aliphatic rings. The topological polar surface area (TPSA) is 31.2 Å². The molecule has 0 saturated heterocycles. The van der Waals surface area contributed by atoms with Gasteiger partial charge in [0.05, 0.1) is 5.56 Å². The van der Waals surface area contributed by atoms with Gasteiger partial charge in [-0.3, -0.25) is 4.79 Å². The lowest BCUT2D eigenvalue weighted by Crippen LogP contribution is -2.06. The minimum atomic E-state index is 0.101. The van der Waals surface area contributed by atoms with Crippen molar-refractivity contribution in [3.8, 4) is 0 Å². The van der Waals surface area contributed by atoms with E-state index in [1.165, 1.54) is 5.56 Å². The van der Waals surface area contributed by atoms with E-state index in [1.807, 2.05) is 30.3 Å². The molecule has 130 valence electrons. The molecule has 3 aromatic rings. The van der Waals surface area contributed by atoms with Gasteiger partial charge >= 0.3 is 0 Å². The predicted molar refractivity (Wildman–Crippen MR) is 102 cm³/mol. The van der Waals surface area contributed by atoms with E-state index in [0.29, 0.717) is 0 Å². The lowest BCUT2D eigenvalue weighted by molar-refractivity contribution is 0.103. The second-order valence-corrected chi connectivity index (χ2v) is 6.53. The van der Waals surface area contributed by atoms with Gasteiger partial charge in [-0.05, 0) is 38.8 Å². The Morgan fingerprint density at radius 3 is 2.52 bits per heavy atom. The van der Waals surface area contributed by atoms with Gasteiger partial charge in [-0.15, -0.1) is 0 Å². The molecule has 3 nitrogen and oxygen atoms in total. The number of benzene rings is 2. The highest BCUT2D eigenvalue weighted by Gasteiger charge is 2.20. The van der Waals surface area contributed by atoms with Gasteiger partial charge in [0.25, 0.3) is 0 Å². The lowest BCUT2D eigenvalue weighted by Gasteiger charge is -2.08. The third-order valence-electron chi connectivity index (χ3n) is 4.72. The average Bonchev–Trinajstić information content (AvgIpc) is 2.90. The Hall–Kier alpha value is -2.39. The number of methoxy groups -OCH3 is 1. The van der Waals surface area contributed by atoms with Crippen molar-refractivity contribution in [2.45, 2.75) is 33.2 Å². The summed E-state index contributed by atoms with van der Waals surface area (Å²) in [6, 6.07) is 15.9. The van der Waals surface area contributed by atoms with Crippen LogP contribution in [0.2, 0.25) is 0 Å². The van der Waals surface area contributed by atoms with Gasteiger partial charge in [0, 0.05) is 42.4 Å². The van der Waals surface area contributed by atoms with Gasteiger partial charge in [-0.1, -0.05) is 42.0 Å². The van der Waals surface area contributed by atoms with E-state index in [4.69, 9.17) is 4.74 Å². The Morgan fingerprint density at radius 1 is 1.04 bits per heavy atom. The molecule has 0 radical (unpaired) electrons. The molecule has 0 bridgehead atoms. The van der Waals surface area contributed by atoms with Gasteiger partial charge in [0.2, 0.25) is 0 Å². The van der Waals surface area contributed by atoms with Crippen LogP contribution in [0.4, 0.5) is 0 Å². The highest BCUT2D eigenvalue weighted by atomic mass is 16.5. The third kappa shape index (κ3) is 3.52. The SMILES string of the molecule is COCCCCn1c(C)c(C(=O)c2ccccc2)c2cc(C)ccc21. The summed E-state index contributed by atoms with van der Waals surface area (Å²) in [5.74, 6) is 0.101. The number of hydrogen-bond donors (Lipinski definition) is 0. The van der Waals surface area contributed by atoms with Crippen molar-refractivity contribution in [2.24, 2.45) is 0 Å². The molecule has 0 aliphatic carbocycles. The smallest absolute Gasteiger partial charge is 0.195 e. The first-order chi connectivity index (χ1) is 12.1. The highest BCUT2D eigenvalue weighted by Crippen LogP contribution is 2.29. The zero-order chi connectivity index (χ0) is 17.8. The first-order valence-corrected chi connectivity index (χ1v) is 8.81. The fourth-order valence-electron chi connectivity index (χ4n) is 3.42. The third-order valence-corrected chi connectivity index (χ3v) is 4.72. The largest absolute Gasteiger partial charge is 0.385 e. The molecule has 0 fully saturated rings.